The number of fused-ring (bicyclic) bond motifs is 3. The zero-order valence-corrected chi connectivity index (χ0v) is 27.0. The molecule has 0 aliphatic carbocycles. The van der Waals surface area contributed by atoms with Gasteiger partial charge in [-0.1, -0.05) is 97.1 Å². The van der Waals surface area contributed by atoms with Crippen LogP contribution in [0.25, 0.3) is 0 Å². The number of nitrogens with one attached hydrogen (secondary N) is 1. The molecule has 3 atom stereocenters. The van der Waals surface area contributed by atoms with E-state index in [1.807, 2.05) is 77.7 Å². The van der Waals surface area contributed by atoms with Crippen LogP contribution in [0.3, 0.4) is 0 Å². The Hall–Kier alpha value is -4.30. The highest BCUT2D eigenvalue weighted by atomic mass is 16.3. The lowest BCUT2D eigenvalue weighted by Gasteiger charge is -2.50. The molecule has 2 amide bonds. The van der Waals surface area contributed by atoms with Gasteiger partial charge in [0, 0.05) is 37.4 Å². The number of carbonyl (C=O) groups is 2. The van der Waals surface area contributed by atoms with Crippen LogP contribution in [0.5, 0.6) is 0 Å². The van der Waals surface area contributed by atoms with Gasteiger partial charge in [0.2, 0.25) is 11.8 Å². The summed E-state index contributed by atoms with van der Waals surface area (Å²) in [5, 5.41) is 13.8. The van der Waals surface area contributed by atoms with Crippen LogP contribution in [0.2, 0.25) is 0 Å². The molecular weight excluding hydrogens is 584 g/mol. The summed E-state index contributed by atoms with van der Waals surface area (Å²) in [6.45, 7) is 8.90. The van der Waals surface area contributed by atoms with E-state index in [0.717, 1.165) is 34.5 Å². The van der Waals surface area contributed by atoms with Crippen LogP contribution >= 0.6 is 0 Å². The van der Waals surface area contributed by atoms with Gasteiger partial charge >= 0.3 is 0 Å². The van der Waals surface area contributed by atoms with Crippen LogP contribution in [0, 0.1) is 5.92 Å². The molecular formula is C40H45N4O3+. The number of β-lactam (4-membered cyclic amide) rings is 1. The Morgan fingerprint density at radius 3 is 2.04 bits per heavy atom. The van der Waals surface area contributed by atoms with Crippen molar-refractivity contribution in [3.05, 3.63) is 137 Å². The van der Waals surface area contributed by atoms with Crippen molar-refractivity contribution in [1.29, 1.82) is 0 Å². The van der Waals surface area contributed by atoms with Crippen LogP contribution in [0.1, 0.15) is 52.8 Å². The zero-order valence-electron chi connectivity index (χ0n) is 27.0. The Balaban J connectivity index is 0.929. The molecule has 4 fully saturated rings. The topological polar surface area (TPSA) is 72.9 Å². The minimum atomic E-state index is -0.595. The number of amides is 2. The molecule has 4 aromatic rings. The number of quaternary nitrogens is 1. The first-order valence-electron chi connectivity index (χ1n) is 17.1. The Morgan fingerprint density at radius 1 is 0.787 bits per heavy atom. The summed E-state index contributed by atoms with van der Waals surface area (Å²) in [6, 6.07) is 36.2. The number of aliphatic hydroxyl groups excluding tert-OH is 1. The number of hydrogen-bond acceptors (Lipinski definition) is 4. The van der Waals surface area contributed by atoms with Gasteiger partial charge in [-0.25, -0.2) is 0 Å². The molecule has 2 bridgehead atoms. The van der Waals surface area contributed by atoms with Crippen molar-refractivity contribution in [2.75, 3.05) is 44.2 Å². The molecule has 4 saturated heterocycles. The largest absolute Gasteiger partial charge is 0.388 e. The summed E-state index contributed by atoms with van der Waals surface area (Å²) in [5.74, 6) is -0.115. The van der Waals surface area contributed by atoms with E-state index in [1.165, 1.54) is 49.3 Å². The van der Waals surface area contributed by atoms with Crippen LogP contribution in [-0.4, -0.2) is 65.6 Å². The van der Waals surface area contributed by atoms with Crippen molar-refractivity contribution in [2.45, 2.75) is 44.5 Å². The second-order valence-corrected chi connectivity index (χ2v) is 13.6. The summed E-state index contributed by atoms with van der Waals surface area (Å²) in [5.41, 5.74) is 6.18. The molecule has 7 heteroatoms. The summed E-state index contributed by atoms with van der Waals surface area (Å²) >= 11 is 0. The molecule has 242 valence electrons. The van der Waals surface area contributed by atoms with Crippen LogP contribution < -0.4 is 10.2 Å². The molecule has 4 aromatic carbocycles. The SMILES string of the molecule is O=C(Cc1ccc(C[N+]23CCN(CC2)CC3)cc1)NCc1ccc(N2C(=O)C(CCC(O)c3ccccc3)C2c2ccccc2)cc1. The molecule has 3 unspecified atom stereocenters. The van der Waals surface area contributed by atoms with Crippen LogP contribution in [-0.2, 0) is 29.1 Å². The molecule has 8 rings (SSSR count). The van der Waals surface area contributed by atoms with Crippen molar-refractivity contribution in [3.63, 3.8) is 0 Å². The fourth-order valence-electron chi connectivity index (χ4n) is 7.67. The van der Waals surface area contributed by atoms with E-state index >= 15 is 0 Å². The molecule has 4 aliphatic rings. The summed E-state index contributed by atoms with van der Waals surface area (Å²) in [7, 11) is 0. The van der Waals surface area contributed by atoms with Gasteiger partial charge in [-0.15, -0.1) is 0 Å². The van der Waals surface area contributed by atoms with Gasteiger partial charge in [0.15, 0.2) is 0 Å². The van der Waals surface area contributed by atoms with Crippen molar-refractivity contribution in [2.24, 2.45) is 5.92 Å². The van der Waals surface area contributed by atoms with Crippen LogP contribution in [0.4, 0.5) is 5.69 Å². The Bertz CT molecular complexity index is 1640. The number of nitrogens with zero attached hydrogens (tertiary/aromatic N) is 3. The fraction of sp³-hybridized carbons (Fsp3) is 0.350. The predicted octanol–water partition coefficient (Wildman–Crippen LogP) is 5.41. The van der Waals surface area contributed by atoms with E-state index < -0.39 is 6.10 Å². The maximum atomic E-state index is 13.5. The summed E-state index contributed by atoms with van der Waals surface area (Å²) in [4.78, 5) is 30.8. The number of hydrogen-bond donors (Lipinski definition) is 2. The van der Waals surface area contributed by atoms with Crippen molar-refractivity contribution in [1.82, 2.24) is 10.2 Å². The van der Waals surface area contributed by atoms with E-state index in [1.54, 1.807) is 0 Å². The highest BCUT2D eigenvalue weighted by Gasteiger charge is 2.48. The minimum absolute atomic E-state index is 0.00144. The highest BCUT2D eigenvalue weighted by molar-refractivity contribution is 6.03. The maximum absolute atomic E-state index is 13.5. The Morgan fingerprint density at radius 2 is 1.38 bits per heavy atom. The van der Waals surface area contributed by atoms with E-state index in [0.29, 0.717) is 25.8 Å². The van der Waals surface area contributed by atoms with E-state index in [9.17, 15) is 14.7 Å². The first kappa shape index (κ1) is 31.3. The standard InChI is InChI=1S/C40H44N4O3/c45-37(33-7-3-1-4-8-33)20-19-36-39(34-9-5-2-6-10-34)43(40(36)47)35-17-15-31(16-18-35)28-41-38(46)27-30-11-13-32(14-12-30)29-44-24-21-42(22-25-44)23-26-44/h1-18,36-37,39,45H,19-29H2/p+1. The smallest absolute Gasteiger partial charge is 0.233 e. The minimum Gasteiger partial charge on any atom is -0.388 e. The van der Waals surface area contributed by atoms with Gasteiger partial charge in [0.25, 0.3) is 0 Å². The van der Waals surface area contributed by atoms with E-state index in [4.69, 9.17) is 0 Å². The van der Waals surface area contributed by atoms with Gasteiger partial charge in [-0.05, 0) is 47.2 Å². The van der Waals surface area contributed by atoms with E-state index in [2.05, 4.69) is 46.6 Å². The number of carbonyl (C=O) groups excluding carboxylic acids is 2. The third-order valence-corrected chi connectivity index (χ3v) is 10.6. The van der Waals surface area contributed by atoms with Gasteiger partial charge in [-0.3, -0.25) is 14.5 Å². The first-order valence-corrected chi connectivity index (χ1v) is 17.1. The van der Waals surface area contributed by atoms with Crippen molar-refractivity contribution >= 4 is 17.5 Å². The van der Waals surface area contributed by atoms with Crippen LogP contribution in [0.15, 0.2) is 109 Å². The third kappa shape index (κ3) is 7.03. The first-order chi connectivity index (χ1) is 23.0. The Kier molecular flexibility index (Phi) is 9.21. The monoisotopic (exact) mass is 629 g/mol. The quantitative estimate of drug-likeness (QED) is 0.163. The van der Waals surface area contributed by atoms with Gasteiger partial charge < -0.3 is 19.8 Å². The Labute approximate surface area is 278 Å². The normalized spacial score (nSPS) is 24.1. The molecule has 47 heavy (non-hydrogen) atoms. The molecule has 4 heterocycles. The third-order valence-electron chi connectivity index (χ3n) is 10.6. The average molecular weight is 630 g/mol. The van der Waals surface area contributed by atoms with Gasteiger partial charge in [-0.2, -0.15) is 0 Å². The summed E-state index contributed by atoms with van der Waals surface area (Å²) in [6.07, 6.45) is 0.896. The summed E-state index contributed by atoms with van der Waals surface area (Å²) < 4.78 is 1.20. The zero-order chi connectivity index (χ0) is 32.2. The van der Waals surface area contributed by atoms with Gasteiger partial charge in [0.05, 0.1) is 44.1 Å². The van der Waals surface area contributed by atoms with Crippen molar-refractivity contribution in [3.8, 4) is 0 Å². The van der Waals surface area contributed by atoms with Crippen molar-refractivity contribution < 1.29 is 19.2 Å². The second kappa shape index (κ2) is 13.8. The fourth-order valence-corrected chi connectivity index (χ4v) is 7.67. The number of rotatable bonds is 12. The van der Waals surface area contributed by atoms with Gasteiger partial charge in [0.1, 0.15) is 6.54 Å². The number of piperazine rings is 3. The lowest BCUT2D eigenvalue weighted by atomic mass is 9.78. The lowest BCUT2D eigenvalue weighted by molar-refractivity contribution is -0.953. The highest BCUT2D eigenvalue weighted by Crippen LogP contribution is 2.46. The molecule has 7 nitrogen and oxygen atoms in total. The number of benzene rings is 4. The molecule has 0 radical (unpaired) electrons. The molecule has 4 aliphatic heterocycles. The maximum Gasteiger partial charge on any atom is 0.233 e. The number of aliphatic hydroxyl groups is 1. The molecule has 0 aromatic heterocycles. The van der Waals surface area contributed by atoms with E-state index in [-0.39, 0.29) is 23.8 Å². The average Bonchev–Trinajstić information content (AvgIpc) is 3.12. The predicted molar refractivity (Wildman–Crippen MR) is 184 cm³/mol. The number of anilines is 1. The molecule has 0 saturated carbocycles. The molecule has 0 spiro atoms. The second-order valence-electron chi connectivity index (χ2n) is 13.6. The lowest BCUT2D eigenvalue weighted by Crippen LogP contribution is -2.66. The molecule has 2 N–H and O–H groups in total.